The zero-order valence-corrected chi connectivity index (χ0v) is 26.2. The molecule has 0 saturated carbocycles. The molecule has 16 nitrogen and oxygen atoms in total. The van der Waals surface area contributed by atoms with E-state index in [0.29, 0.717) is 28.2 Å². The van der Waals surface area contributed by atoms with Crippen molar-refractivity contribution in [2.45, 2.75) is 73.4 Å². The number of aliphatic hydroxyl groups excluding tert-OH is 9. The minimum Gasteiger partial charge on any atom is -0.493 e. The van der Waals surface area contributed by atoms with Crippen LogP contribution >= 0.6 is 0 Å². The maximum Gasteiger partial charge on any atom is 0.229 e. The largest absolute Gasteiger partial charge is 0.493 e. The fraction of sp³-hybridized carbons (Fsp3) is 0.562. The Labute approximate surface area is 275 Å². The lowest BCUT2D eigenvalue weighted by Gasteiger charge is -2.39. The van der Waals surface area contributed by atoms with Crippen molar-refractivity contribution in [3.8, 4) is 23.0 Å². The molecule has 0 bridgehead atoms. The molecule has 2 aromatic carbocycles. The molecule has 0 radical (unpaired) electrons. The van der Waals surface area contributed by atoms with Gasteiger partial charge in [-0.1, -0.05) is 18.2 Å². The van der Waals surface area contributed by atoms with Gasteiger partial charge in [0.25, 0.3) is 0 Å². The van der Waals surface area contributed by atoms with Gasteiger partial charge in [0.05, 0.1) is 46.6 Å². The molecule has 2 fully saturated rings. The molecule has 2 aromatic rings. The van der Waals surface area contributed by atoms with E-state index in [0.717, 1.165) is 0 Å². The Morgan fingerprint density at radius 2 is 1.31 bits per heavy atom. The van der Waals surface area contributed by atoms with Gasteiger partial charge in [0, 0.05) is 5.56 Å². The molecule has 2 saturated heterocycles. The van der Waals surface area contributed by atoms with Crippen LogP contribution in [0.1, 0.15) is 28.7 Å². The van der Waals surface area contributed by atoms with Gasteiger partial charge < -0.3 is 79.1 Å². The number of fused-ring (bicyclic) bond motifs is 1. The number of aliphatic hydroxyl groups is 9. The minimum atomic E-state index is -1.62. The summed E-state index contributed by atoms with van der Waals surface area (Å²) in [4.78, 5) is 0. The van der Waals surface area contributed by atoms with Crippen LogP contribution in [0.2, 0.25) is 0 Å². The van der Waals surface area contributed by atoms with E-state index >= 15 is 0 Å². The Hall–Kier alpha value is -3.10. The number of hydrogen-bond donors (Lipinski definition) is 9. The Morgan fingerprint density at radius 1 is 0.688 bits per heavy atom. The van der Waals surface area contributed by atoms with E-state index in [1.54, 1.807) is 30.4 Å². The summed E-state index contributed by atoms with van der Waals surface area (Å²) in [6, 6.07) is 8.37. The number of methoxy groups -OCH3 is 2. The first-order valence-corrected chi connectivity index (χ1v) is 15.3. The lowest BCUT2D eigenvalue weighted by atomic mass is 9.90. The van der Waals surface area contributed by atoms with E-state index in [1.165, 1.54) is 20.3 Å². The second kappa shape index (κ2) is 15.6. The molecule has 0 aromatic heterocycles. The van der Waals surface area contributed by atoms with E-state index in [-0.39, 0.29) is 24.7 Å². The molecule has 12 atom stereocenters. The Kier molecular flexibility index (Phi) is 11.8. The van der Waals surface area contributed by atoms with Gasteiger partial charge in [0.15, 0.2) is 29.3 Å². The van der Waals surface area contributed by atoms with Crippen molar-refractivity contribution in [3.63, 3.8) is 0 Å². The number of ether oxygens (including phenoxy) is 7. The monoisotopic (exact) mass is 682 g/mol. The highest BCUT2D eigenvalue weighted by atomic mass is 16.7. The third-order valence-electron chi connectivity index (χ3n) is 8.66. The van der Waals surface area contributed by atoms with Gasteiger partial charge in [0.2, 0.25) is 6.29 Å². The molecule has 0 aliphatic carbocycles. The quantitative estimate of drug-likeness (QED) is 0.117. The van der Waals surface area contributed by atoms with E-state index in [1.807, 2.05) is 6.07 Å². The van der Waals surface area contributed by atoms with Gasteiger partial charge in [0.1, 0.15) is 54.9 Å². The molecule has 16 heteroatoms. The Balaban J connectivity index is 1.30. The second-order valence-corrected chi connectivity index (χ2v) is 11.6. The first-order chi connectivity index (χ1) is 23.1. The number of benzene rings is 2. The van der Waals surface area contributed by atoms with E-state index < -0.39 is 86.6 Å². The molecular formula is C32H42O16. The van der Waals surface area contributed by atoms with Gasteiger partial charge in [-0.05, 0) is 35.4 Å². The maximum absolute atomic E-state index is 10.5. The van der Waals surface area contributed by atoms with Crippen LogP contribution in [0.3, 0.4) is 0 Å². The third kappa shape index (κ3) is 7.11. The maximum atomic E-state index is 10.5. The zero-order valence-electron chi connectivity index (χ0n) is 26.2. The van der Waals surface area contributed by atoms with Gasteiger partial charge in [-0.25, -0.2) is 0 Å². The fourth-order valence-electron chi connectivity index (χ4n) is 5.95. The summed E-state index contributed by atoms with van der Waals surface area (Å²) in [5.41, 5.74) is 1.94. The zero-order chi connectivity index (χ0) is 34.7. The first kappa shape index (κ1) is 36.2. The van der Waals surface area contributed by atoms with Crippen molar-refractivity contribution in [2.24, 2.45) is 0 Å². The molecule has 3 aliphatic rings. The standard InChI is InChI=1S/C32H42O16/c1-42-19-10-15(5-6-18(19)45-32-28(41)26(39)24(37)22(13-35)47-32)29-17(11-33)16-8-14(9-20(43-2)30(16)48-29)4-3-7-44-31-27(40)25(38)23(36)21(12-34)46-31/h3-6,8-10,17,21-29,31-41H,7,11-13H2,1-2H3. The van der Waals surface area contributed by atoms with Crippen LogP contribution in [0.15, 0.2) is 36.4 Å². The van der Waals surface area contributed by atoms with E-state index in [2.05, 4.69) is 0 Å². The van der Waals surface area contributed by atoms with Gasteiger partial charge in [-0.3, -0.25) is 0 Å². The number of rotatable bonds is 12. The Morgan fingerprint density at radius 3 is 1.92 bits per heavy atom. The van der Waals surface area contributed by atoms with Crippen LogP contribution in [0, 0.1) is 0 Å². The summed E-state index contributed by atoms with van der Waals surface area (Å²) in [6.45, 7) is -1.53. The highest BCUT2D eigenvalue weighted by molar-refractivity contribution is 5.62. The average Bonchev–Trinajstić information content (AvgIpc) is 3.48. The number of hydrogen-bond acceptors (Lipinski definition) is 16. The van der Waals surface area contributed by atoms with Gasteiger partial charge >= 0.3 is 0 Å². The molecule has 3 heterocycles. The van der Waals surface area contributed by atoms with Crippen LogP contribution in [-0.4, -0.2) is 148 Å². The SMILES string of the molecule is COc1cc(C2Oc3c(OC)cc(C=CCOC4OC(CO)C(O)C(O)C4O)cc3C2CO)ccc1OC1OC(CO)C(O)C(O)C1O. The molecule has 48 heavy (non-hydrogen) atoms. The van der Waals surface area contributed by atoms with E-state index in [4.69, 9.17) is 33.2 Å². The average molecular weight is 683 g/mol. The lowest BCUT2D eigenvalue weighted by molar-refractivity contribution is -0.298. The molecule has 5 rings (SSSR count). The van der Waals surface area contributed by atoms with Crippen molar-refractivity contribution < 1.29 is 79.1 Å². The van der Waals surface area contributed by atoms with Crippen molar-refractivity contribution >= 4 is 6.08 Å². The highest BCUT2D eigenvalue weighted by Crippen LogP contribution is 2.51. The molecule has 12 unspecified atom stereocenters. The van der Waals surface area contributed by atoms with Crippen molar-refractivity contribution in [2.75, 3.05) is 40.6 Å². The fourth-order valence-corrected chi connectivity index (χ4v) is 5.95. The summed E-state index contributed by atoms with van der Waals surface area (Å²) in [5.74, 6) is 0.650. The van der Waals surface area contributed by atoms with Crippen LogP contribution < -0.4 is 18.9 Å². The lowest BCUT2D eigenvalue weighted by Crippen LogP contribution is -2.60. The summed E-state index contributed by atoms with van der Waals surface area (Å²) in [7, 11) is 2.88. The van der Waals surface area contributed by atoms with Crippen LogP contribution in [0.5, 0.6) is 23.0 Å². The van der Waals surface area contributed by atoms with E-state index in [9.17, 15) is 46.0 Å². The van der Waals surface area contributed by atoms with Crippen LogP contribution in [0.25, 0.3) is 6.08 Å². The normalized spacial score (nSPS) is 34.9. The van der Waals surface area contributed by atoms with Crippen molar-refractivity contribution in [1.82, 2.24) is 0 Å². The molecule has 9 N–H and O–H groups in total. The van der Waals surface area contributed by atoms with Crippen molar-refractivity contribution in [1.29, 1.82) is 0 Å². The summed E-state index contributed by atoms with van der Waals surface area (Å²) in [6.07, 6.45) is -11.6. The summed E-state index contributed by atoms with van der Waals surface area (Å²) >= 11 is 0. The molecule has 0 amide bonds. The molecule has 266 valence electrons. The smallest absolute Gasteiger partial charge is 0.229 e. The van der Waals surface area contributed by atoms with Crippen LogP contribution in [0.4, 0.5) is 0 Å². The summed E-state index contributed by atoms with van der Waals surface area (Å²) in [5, 5.41) is 90.0. The van der Waals surface area contributed by atoms with Crippen molar-refractivity contribution in [3.05, 3.63) is 53.1 Å². The van der Waals surface area contributed by atoms with Crippen LogP contribution in [-0.2, 0) is 14.2 Å². The highest BCUT2D eigenvalue weighted by Gasteiger charge is 2.46. The second-order valence-electron chi connectivity index (χ2n) is 11.6. The predicted molar refractivity (Wildman–Crippen MR) is 162 cm³/mol. The molecular weight excluding hydrogens is 640 g/mol. The van der Waals surface area contributed by atoms with Gasteiger partial charge in [-0.2, -0.15) is 0 Å². The first-order valence-electron chi connectivity index (χ1n) is 15.3. The predicted octanol–water partition coefficient (Wildman–Crippen LogP) is -2.08. The Bertz CT molecular complexity index is 1400. The molecule has 0 spiro atoms. The topological polar surface area (TPSA) is 247 Å². The minimum absolute atomic E-state index is 0.0536. The third-order valence-corrected chi connectivity index (χ3v) is 8.66. The molecule has 3 aliphatic heterocycles. The van der Waals surface area contributed by atoms with Gasteiger partial charge in [-0.15, -0.1) is 0 Å². The summed E-state index contributed by atoms with van der Waals surface area (Å²) < 4.78 is 39.5.